The molecule has 0 N–H and O–H groups in total. The van der Waals surface area contributed by atoms with Crippen molar-refractivity contribution in [3.63, 3.8) is 0 Å². The van der Waals surface area contributed by atoms with Gasteiger partial charge in [0.15, 0.2) is 29.3 Å². The lowest BCUT2D eigenvalue weighted by Crippen LogP contribution is -2.05. The quantitative estimate of drug-likeness (QED) is 0.684. The van der Waals surface area contributed by atoms with Crippen LogP contribution in [0.4, 0.5) is 0 Å². The number of carbonyl (C=O) groups excluding carboxylic acids is 1. The highest BCUT2D eigenvalue weighted by atomic mass is 16.7. The highest BCUT2D eigenvalue weighted by Gasteiger charge is 2.21. The van der Waals surface area contributed by atoms with Gasteiger partial charge in [0.05, 0.1) is 39.6 Å². The number of rotatable bonds is 7. The molecule has 0 radical (unpaired) electrons. The summed E-state index contributed by atoms with van der Waals surface area (Å²) < 4.78 is 32.9. The van der Waals surface area contributed by atoms with Gasteiger partial charge in [-0.15, -0.1) is 0 Å². The minimum atomic E-state index is -0.439. The molecule has 2 aromatic rings. The second-order valence-electron chi connectivity index (χ2n) is 5.67. The summed E-state index contributed by atoms with van der Waals surface area (Å²) in [6.45, 7) is 3.13. The van der Waals surface area contributed by atoms with Gasteiger partial charge in [-0.1, -0.05) is 6.07 Å². The molecule has 7 nitrogen and oxygen atoms in total. The van der Waals surface area contributed by atoms with Crippen molar-refractivity contribution in [1.29, 1.82) is 0 Å². The SMILES string of the molecule is CCOC(=O)c1ccc(OC)c(Oc2cc(C3OCCO3)ccc2OC)c1. The zero-order chi connectivity index (χ0) is 19.2. The smallest absolute Gasteiger partial charge is 0.338 e. The number of hydrogen-bond acceptors (Lipinski definition) is 7. The van der Waals surface area contributed by atoms with Crippen LogP contribution >= 0.6 is 0 Å². The Morgan fingerprint density at radius 3 is 2.22 bits per heavy atom. The van der Waals surface area contributed by atoms with Gasteiger partial charge in [0.1, 0.15) is 0 Å². The Balaban J connectivity index is 1.94. The van der Waals surface area contributed by atoms with Crippen molar-refractivity contribution < 1.29 is 33.2 Å². The van der Waals surface area contributed by atoms with E-state index in [4.69, 9.17) is 28.4 Å². The van der Waals surface area contributed by atoms with Gasteiger partial charge >= 0.3 is 5.97 Å². The summed E-state index contributed by atoms with van der Waals surface area (Å²) in [4.78, 5) is 12.0. The summed E-state index contributed by atoms with van der Waals surface area (Å²) in [5.41, 5.74) is 1.18. The lowest BCUT2D eigenvalue weighted by Gasteiger charge is -2.16. The highest BCUT2D eigenvalue weighted by molar-refractivity contribution is 5.90. The minimum absolute atomic E-state index is 0.290. The number of esters is 1. The van der Waals surface area contributed by atoms with Crippen molar-refractivity contribution in [2.75, 3.05) is 34.0 Å². The Kier molecular flexibility index (Phi) is 6.16. The van der Waals surface area contributed by atoms with E-state index in [2.05, 4.69) is 0 Å². The normalized spacial score (nSPS) is 14.0. The molecule has 0 atom stereocenters. The van der Waals surface area contributed by atoms with Gasteiger partial charge in [-0.2, -0.15) is 0 Å². The predicted octanol–water partition coefficient (Wildman–Crippen LogP) is 3.72. The molecule has 1 saturated heterocycles. The molecule has 144 valence electrons. The van der Waals surface area contributed by atoms with Crippen molar-refractivity contribution >= 4 is 5.97 Å². The topological polar surface area (TPSA) is 72.5 Å². The third kappa shape index (κ3) is 4.32. The number of ether oxygens (including phenoxy) is 6. The van der Waals surface area contributed by atoms with Crippen LogP contribution < -0.4 is 14.2 Å². The fraction of sp³-hybridized carbons (Fsp3) is 0.350. The fourth-order valence-corrected chi connectivity index (χ4v) is 2.69. The summed E-state index contributed by atoms with van der Waals surface area (Å²) in [6.07, 6.45) is -0.439. The van der Waals surface area contributed by atoms with Crippen LogP contribution in [0.25, 0.3) is 0 Å². The first-order chi connectivity index (χ1) is 13.2. The molecule has 7 heteroatoms. The van der Waals surface area contributed by atoms with Gasteiger partial charge in [0.2, 0.25) is 0 Å². The highest BCUT2D eigenvalue weighted by Crippen LogP contribution is 2.39. The molecule has 0 aliphatic carbocycles. The van der Waals surface area contributed by atoms with Crippen molar-refractivity contribution in [3.8, 4) is 23.0 Å². The maximum atomic E-state index is 12.0. The molecule has 1 aliphatic heterocycles. The Morgan fingerprint density at radius 1 is 0.963 bits per heavy atom. The lowest BCUT2D eigenvalue weighted by atomic mass is 10.1. The van der Waals surface area contributed by atoms with E-state index in [-0.39, 0.29) is 6.61 Å². The predicted molar refractivity (Wildman–Crippen MR) is 96.7 cm³/mol. The zero-order valence-corrected chi connectivity index (χ0v) is 15.5. The van der Waals surface area contributed by atoms with Crippen LogP contribution in [0.5, 0.6) is 23.0 Å². The van der Waals surface area contributed by atoms with Crippen LogP contribution in [0, 0.1) is 0 Å². The standard InChI is InChI=1S/C20H22O7/c1-4-24-19(21)13-5-7-15(22-2)17(11-13)27-18-12-14(6-8-16(18)23-3)20-25-9-10-26-20/h5-8,11-12,20H,4,9-10H2,1-3H3. The van der Waals surface area contributed by atoms with E-state index >= 15 is 0 Å². The van der Waals surface area contributed by atoms with E-state index in [1.54, 1.807) is 44.4 Å². The molecule has 0 spiro atoms. The summed E-state index contributed by atoms with van der Waals surface area (Å²) in [5.74, 6) is 1.39. The molecule has 3 rings (SSSR count). The second kappa shape index (κ2) is 8.75. The average Bonchev–Trinajstić information content (AvgIpc) is 3.23. The van der Waals surface area contributed by atoms with Gasteiger partial charge in [-0.3, -0.25) is 0 Å². The second-order valence-corrected chi connectivity index (χ2v) is 5.67. The summed E-state index contributed by atoms with van der Waals surface area (Å²) in [7, 11) is 3.08. The monoisotopic (exact) mass is 374 g/mol. The van der Waals surface area contributed by atoms with E-state index in [1.807, 2.05) is 6.07 Å². The fourth-order valence-electron chi connectivity index (χ4n) is 2.69. The molecule has 0 saturated carbocycles. The van der Waals surface area contributed by atoms with Crippen molar-refractivity contribution in [2.24, 2.45) is 0 Å². The zero-order valence-electron chi connectivity index (χ0n) is 15.5. The van der Waals surface area contributed by atoms with Gasteiger partial charge in [0, 0.05) is 5.56 Å². The Labute approximate surface area is 157 Å². The summed E-state index contributed by atoms with van der Waals surface area (Å²) >= 11 is 0. The molecular weight excluding hydrogens is 352 g/mol. The number of carbonyl (C=O) groups is 1. The average molecular weight is 374 g/mol. The summed E-state index contributed by atoms with van der Waals surface area (Å²) in [6, 6.07) is 10.3. The van der Waals surface area contributed by atoms with Crippen LogP contribution in [0.3, 0.4) is 0 Å². The van der Waals surface area contributed by atoms with Gasteiger partial charge < -0.3 is 28.4 Å². The maximum absolute atomic E-state index is 12.0. The minimum Gasteiger partial charge on any atom is -0.493 e. The lowest BCUT2D eigenvalue weighted by molar-refractivity contribution is -0.0442. The van der Waals surface area contributed by atoms with E-state index in [9.17, 15) is 4.79 Å². The molecule has 0 aromatic heterocycles. The Bertz CT molecular complexity index is 797. The molecule has 1 heterocycles. The van der Waals surface area contributed by atoms with Crippen LogP contribution in [0.1, 0.15) is 29.1 Å². The van der Waals surface area contributed by atoms with Gasteiger partial charge in [-0.05, 0) is 37.3 Å². The molecule has 0 amide bonds. The van der Waals surface area contributed by atoms with Crippen LogP contribution in [0.15, 0.2) is 36.4 Å². The third-order valence-corrected chi connectivity index (χ3v) is 3.98. The van der Waals surface area contributed by atoms with E-state index in [0.717, 1.165) is 5.56 Å². The number of methoxy groups -OCH3 is 2. The molecule has 0 unspecified atom stereocenters. The molecular formula is C20H22O7. The molecule has 27 heavy (non-hydrogen) atoms. The third-order valence-electron chi connectivity index (χ3n) is 3.98. The first-order valence-electron chi connectivity index (χ1n) is 8.60. The maximum Gasteiger partial charge on any atom is 0.338 e. The Morgan fingerprint density at radius 2 is 1.59 bits per heavy atom. The number of hydrogen-bond donors (Lipinski definition) is 0. The van der Waals surface area contributed by atoms with Crippen molar-refractivity contribution in [3.05, 3.63) is 47.5 Å². The Hall–Kier alpha value is -2.77. The molecule has 1 aliphatic rings. The van der Waals surface area contributed by atoms with Gasteiger partial charge in [0.25, 0.3) is 0 Å². The van der Waals surface area contributed by atoms with Crippen LogP contribution in [-0.2, 0) is 14.2 Å². The molecule has 0 bridgehead atoms. The molecule has 1 fully saturated rings. The van der Waals surface area contributed by atoms with Gasteiger partial charge in [-0.25, -0.2) is 4.79 Å². The van der Waals surface area contributed by atoms with E-state index < -0.39 is 12.3 Å². The first kappa shape index (κ1) is 19.0. The molecule has 2 aromatic carbocycles. The summed E-state index contributed by atoms with van der Waals surface area (Å²) in [5, 5.41) is 0. The van der Waals surface area contributed by atoms with Crippen LogP contribution in [-0.4, -0.2) is 40.0 Å². The number of benzene rings is 2. The first-order valence-corrected chi connectivity index (χ1v) is 8.60. The van der Waals surface area contributed by atoms with Crippen LogP contribution in [0.2, 0.25) is 0 Å². The van der Waals surface area contributed by atoms with Crippen molar-refractivity contribution in [1.82, 2.24) is 0 Å². The van der Waals surface area contributed by atoms with E-state index in [0.29, 0.717) is 41.8 Å². The largest absolute Gasteiger partial charge is 0.493 e. The van der Waals surface area contributed by atoms with E-state index in [1.165, 1.54) is 7.11 Å². The van der Waals surface area contributed by atoms with Crippen molar-refractivity contribution in [2.45, 2.75) is 13.2 Å².